The zero-order valence-electron chi connectivity index (χ0n) is 20.4. The molecule has 3 aromatic carbocycles. The van der Waals surface area contributed by atoms with Gasteiger partial charge in [-0.25, -0.2) is 4.39 Å². The number of halogens is 1. The highest BCUT2D eigenvalue weighted by Gasteiger charge is 2.48. The van der Waals surface area contributed by atoms with Gasteiger partial charge >= 0.3 is 0 Å². The summed E-state index contributed by atoms with van der Waals surface area (Å²) in [6.45, 7) is 0. The number of aromatic hydroxyl groups is 1. The van der Waals surface area contributed by atoms with E-state index in [-0.39, 0.29) is 51.1 Å². The third kappa shape index (κ3) is 4.26. The minimum atomic E-state index is -1.27. The largest absolute Gasteiger partial charge is 0.507 e. The maximum absolute atomic E-state index is 14.2. The molecule has 0 radical (unpaired) electrons. The minimum absolute atomic E-state index is 0.0219. The normalized spacial score (nSPS) is 16.6. The molecule has 4 rings (SSSR count). The molecular formula is C27H24FNO8. The quantitative estimate of drug-likeness (QED) is 0.277. The first-order valence-corrected chi connectivity index (χ1v) is 11.0. The number of amides is 1. The molecule has 37 heavy (non-hydrogen) atoms. The van der Waals surface area contributed by atoms with Gasteiger partial charge in [-0.3, -0.25) is 14.5 Å². The SMILES string of the molecule is COc1ccc(F)cc1/C(O)=C1\C(=O)C(=O)N(c2ccccc2O)C1c1cc(OC)c(OC)c(OC)c1. The molecule has 192 valence electrons. The van der Waals surface area contributed by atoms with Crippen molar-refractivity contribution < 1.29 is 43.1 Å². The summed E-state index contributed by atoms with van der Waals surface area (Å²) in [4.78, 5) is 27.8. The van der Waals surface area contributed by atoms with Gasteiger partial charge in [0.1, 0.15) is 23.1 Å². The van der Waals surface area contributed by atoms with Crippen LogP contribution in [-0.2, 0) is 9.59 Å². The van der Waals surface area contributed by atoms with Crippen LogP contribution in [0.2, 0.25) is 0 Å². The van der Waals surface area contributed by atoms with Crippen LogP contribution in [0.3, 0.4) is 0 Å². The van der Waals surface area contributed by atoms with Crippen LogP contribution >= 0.6 is 0 Å². The van der Waals surface area contributed by atoms with Crippen LogP contribution in [0.5, 0.6) is 28.7 Å². The van der Waals surface area contributed by atoms with Crippen molar-refractivity contribution in [1.29, 1.82) is 0 Å². The number of methoxy groups -OCH3 is 4. The maximum Gasteiger partial charge on any atom is 0.300 e. The first kappa shape index (κ1) is 25.4. The van der Waals surface area contributed by atoms with E-state index in [2.05, 4.69) is 0 Å². The van der Waals surface area contributed by atoms with E-state index in [1.807, 2.05) is 0 Å². The van der Waals surface area contributed by atoms with Crippen molar-refractivity contribution in [2.24, 2.45) is 0 Å². The van der Waals surface area contributed by atoms with Gasteiger partial charge in [-0.15, -0.1) is 0 Å². The summed E-state index contributed by atoms with van der Waals surface area (Å²) >= 11 is 0. The number of para-hydroxylation sites is 2. The Morgan fingerprint density at radius 2 is 1.49 bits per heavy atom. The van der Waals surface area contributed by atoms with Crippen LogP contribution in [-0.4, -0.2) is 50.3 Å². The number of carbonyl (C=O) groups excluding carboxylic acids is 2. The zero-order valence-corrected chi connectivity index (χ0v) is 20.4. The molecule has 1 amide bonds. The molecule has 3 aromatic rings. The summed E-state index contributed by atoms with van der Waals surface area (Å²) in [5.41, 5.74) is -0.177. The van der Waals surface area contributed by atoms with Gasteiger partial charge in [-0.05, 0) is 48.0 Å². The zero-order chi connectivity index (χ0) is 26.9. The highest BCUT2D eigenvalue weighted by atomic mass is 19.1. The number of carbonyl (C=O) groups is 2. The Hall–Kier alpha value is -4.73. The number of benzene rings is 3. The maximum atomic E-state index is 14.2. The van der Waals surface area contributed by atoms with Crippen molar-refractivity contribution in [3.8, 4) is 28.7 Å². The molecule has 1 aliphatic rings. The molecule has 1 heterocycles. The Kier molecular flexibility index (Phi) is 6.92. The van der Waals surface area contributed by atoms with Gasteiger partial charge in [0.25, 0.3) is 11.7 Å². The molecule has 1 saturated heterocycles. The fraction of sp³-hybridized carbons (Fsp3) is 0.185. The van der Waals surface area contributed by atoms with Crippen LogP contribution in [0.25, 0.3) is 5.76 Å². The van der Waals surface area contributed by atoms with Crippen LogP contribution in [0.1, 0.15) is 17.2 Å². The average molecular weight is 509 g/mol. The summed E-state index contributed by atoms with van der Waals surface area (Å²) in [6.07, 6.45) is 0. The van der Waals surface area contributed by atoms with E-state index in [0.717, 1.165) is 17.0 Å². The van der Waals surface area contributed by atoms with E-state index < -0.39 is 29.3 Å². The van der Waals surface area contributed by atoms with Gasteiger partial charge in [0.05, 0.1) is 51.3 Å². The molecule has 10 heteroatoms. The van der Waals surface area contributed by atoms with Gasteiger partial charge < -0.3 is 29.2 Å². The van der Waals surface area contributed by atoms with E-state index in [1.54, 1.807) is 12.1 Å². The number of nitrogens with zero attached hydrogens (tertiary/aromatic N) is 1. The number of aliphatic hydroxyl groups excluding tert-OH is 1. The second kappa shape index (κ2) is 10.1. The third-order valence-electron chi connectivity index (χ3n) is 6.01. The smallest absolute Gasteiger partial charge is 0.300 e. The minimum Gasteiger partial charge on any atom is -0.507 e. The molecule has 1 fully saturated rings. The topological polar surface area (TPSA) is 115 Å². The molecule has 0 aromatic heterocycles. The standard InChI is InChI=1S/C27H24FNO8/c1-34-19-10-9-15(28)13-16(19)24(31)22-23(14-11-20(35-2)26(37-4)21(12-14)36-3)29(27(33)25(22)32)17-7-5-6-8-18(17)30/h5-13,23,30-31H,1-4H3/b24-22+. The molecule has 2 N–H and O–H groups in total. The Labute approximate surface area is 211 Å². The summed E-state index contributed by atoms with van der Waals surface area (Å²) in [5, 5.41) is 21.9. The van der Waals surface area contributed by atoms with Crippen LogP contribution < -0.4 is 23.8 Å². The third-order valence-corrected chi connectivity index (χ3v) is 6.01. The highest BCUT2D eigenvalue weighted by Crippen LogP contribution is 2.48. The summed E-state index contributed by atoms with van der Waals surface area (Å²) in [6, 6.07) is 11.1. The number of hydrogen-bond acceptors (Lipinski definition) is 8. The lowest BCUT2D eigenvalue weighted by Gasteiger charge is -2.27. The monoisotopic (exact) mass is 509 g/mol. The summed E-state index contributed by atoms with van der Waals surface area (Å²) in [5.74, 6) is -2.90. The second-order valence-electron chi connectivity index (χ2n) is 7.96. The van der Waals surface area contributed by atoms with Gasteiger partial charge in [0.2, 0.25) is 5.75 Å². The number of ether oxygens (including phenoxy) is 4. The predicted octanol–water partition coefficient (Wildman–Crippen LogP) is 4.19. The Bertz CT molecular complexity index is 1390. The molecule has 0 saturated carbocycles. The lowest BCUT2D eigenvalue weighted by atomic mass is 9.94. The lowest BCUT2D eigenvalue weighted by molar-refractivity contribution is -0.132. The molecule has 0 spiro atoms. The van der Waals surface area contributed by atoms with Crippen molar-refractivity contribution >= 4 is 23.1 Å². The van der Waals surface area contributed by atoms with Crippen molar-refractivity contribution in [2.75, 3.05) is 33.3 Å². The van der Waals surface area contributed by atoms with Crippen molar-refractivity contribution in [1.82, 2.24) is 0 Å². The molecule has 1 aliphatic heterocycles. The molecule has 9 nitrogen and oxygen atoms in total. The number of ketones is 1. The predicted molar refractivity (Wildman–Crippen MR) is 132 cm³/mol. The Morgan fingerprint density at radius 3 is 2.05 bits per heavy atom. The summed E-state index contributed by atoms with van der Waals surface area (Å²) in [7, 11) is 5.54. The number of phenols is 1. The molecule has 1 unspecified atom stereocenters. The molecule has 1 atom stereocenters. The van der Waals surface area contributed by atoms with E-state index >= 15 is 0 Å². The lowest BCUT2D eigenvalue weighted by Crippen LogP contribution is -2.29. The second-order valence-corrected chi connectivity index (χ2v) is 7.96. The Balaban J connectivity index is 2.07. The van der Waals surface area contributed by atoms with E-state index in [4.69, 9.17) is 18.9 Å². The van der Waals surface area contributed by atoms with E-state index in [0.29, 0.717) is 0 Å². The Morgan fingerprint density at radius 1 is 0.865 bits per heavy atom. The van der Waals surface area contributed by atoms with Gasteiger partial charge in [0, 0.05) is 0 Å². The first-order chi connectivity index (χ1) is 17.8. The van der Waals surface area contributed by atoms with E-state index in [9.17, 15) is 24.2 Å². The van der Waals surface area contributed by atoms with E-state index in [1.165, 1.54) is 58.8 Å². The average Bonchev–Trinajstić information content (AvgIpc) is 3.17. The van der Waals surface area contributed by atoms with Crippen molar-refractivity contribution in [3.63, 3.8) is 0 Å². The fourth-order valence-electron chi connectivity index (χ4n) is 4.33. The fourth-order valence-corrected chi connectivity index (χ4v) is 4.33. The number of Topliss-reactive ketones (excluding diaryl/α,β-unsaturated/α-hetero) is 1. The van der Waals surface area contributed by atoms with Crippen LogP contribution in [0.15, 0.2) is 60.2 Å². The van der Waals surface area contributed by atoms with Crippen LogP contribution in [0.4, 0.5) is 10.1 Å². The number of rotatable bonds is 7. The molecular weight excluding hydrogens is 485 g/mol. The van der Waals surface area contributed by atoms with Gasteiger partial charge in [0.15, 0.2) is 11.5 Å². The molecule has 0 bridgehead atoms. The number of anilines is 1. The first-order valence-electron chi connectivity index (χ1n) is 11.0. The van der Waals surface area contributed by atoms with Gasteiger partial charge in [-0.2, -0.15) is 0 Å². The highest BCUT2D eigenvalue weighted by molar-refractivity contribution is 6.52. The number of phenolic OH excluding ortho intramolecular Hbond substituents is 1. The van der Waals surface area contributed by atoms with Crippen molar-refractivity contribution in [2.45, 2.75) is 6.04 Å². The number of aliphatic hydroxyl groups is 1. The number of hydrogen-bond donors (Lipinski definition) is 2. The van der Waals surface area contributed by atoms with Gasteiger partial charge in [-0.1, -0.05) is 12.1 Å². The molecule has 0 aliphatic carbocycles. The van der Waals surface area contributed by atoms with Crippen LogP contribution in [0, 0.1) is 5.82 Å². The summed E-state index contributed by atoms with van der Waals surface area (Å²) < 4.78 is 35.7. The van der Waals surface area contributed by atoms with Crippen molar-refractivity contribution in [3.05, 3.63) is 77.1 Å².